The number of nitrogens with zero attached hydrogens (tertiary/aromatic N) is 4. The maximum atomic E-state index is 13.2. The number of carbonyl (C=O) groups excluding carboxylic acids is 1. The number of imidazole rings is 1. The van der Waals surface area contributed by atoms with E-state index in [0.717, 1.165) is 26.4 Å². The van der Waals surface area contributed by atoms with Gasteiger partial charge in [0.25, 0.3) is 0 Å². The van der Waals surface area contributed by atoms with Crippen LogP contribution in [0.4, 0.5) is 25.1 Å². The second kappa shape index (κ2) is 12.0. The van der Waals surface area contributed by atoms with E-state index in [2.05, 4.69) is 15.8 Å². The Labute approximate surface area is 249 Å². The Morgan fingerprint density at radius 2 is 1.93 bits per heavy atom. The maximum absolute atomic E-state index is 13.2. The molecule has 4 atom stereocenters. The SMILES string of the molecule is [2H]C1OC([2H])C([2H])N(CCOc2ccc3c(c2)sc2nc(-c4ccc(NC(=O)Nc5cc(C(C)(CF)CF)on5)cc4)cn23)C1[2H]. The van der Waals surface area contributed by atoms with E-state index in [1.54, 1.807) is 12.1 Å². The number of benzene rings is 2. The molecular weight excluding hydrogens is 566 g/mol. The third-order valence-corrected chi connectivity index (χ3v) is 7.74. The van der Waals surface area contributed by atoms with Crippen LogP contribution in [0.15, 0.2) is 59.3 Å². The van der Waals surface area contributed by atoms with Crippen LogP contribution in [-0.4, -0.2) is 78.2 Å². The highest BCUT2D eigenvalue weighted by atomic mass is 32.1. The minimum absolute atomic E-state index is 0.00141. The van der Waals surface area contributed by atoms with Crippen LogP contribution in [0.5, 0.6) is 5.75 Å². The Bertz CT molecular complexity index is 1820. The number of fused-ring (bicyclic) bond motifs is 3. The van der Waals surface area contributed by atoms with Gasteiger partial charge in [-0.05, 0) is 37.3 Å². The number of morpholine rings is 1. The molecule has 10 nitrogen and oxygen atoms in total. The molecule has 0 bridgehead atoms. The first-order valence-electron chi connectivity index (χ1n) is 15.3. The van der Waals surface area contributed by atoms with Crippen molar-refractivity contribution < 1.29 is 33.1 Å². The molecule has 13 heteroatoms. The minimum Gasteiger partial charge on any atom is -0.492 e. The molecule has 1 aliphatic heterocycles. The van der Waals surface area contributed by atoms with Crippen molar-refractivity contribution in [1.29, 1.82) is 0 Å². The van der Waals surface area contributed by atoms with Crippen molar-refractivity contribution in [3.63, 3.8) is 0 Å². The lowest BCUT2D eigenvalue weighted by Gasteiger charge is -2.26. The zero-order valence-corrected chi connectivity index (χ0v) is 23.2. The number of halogens is 2. The third kappa shape index (κ3) is 5.94. The van der Waals surface area contributed by atoms with Gasteiger partial charge in [-0.3, -0.25) is 14.6 Å². The first kappa shape index (κ1) is 23.5. The number of alkyl halides is 2. The van der Waals surface area contributed by atoms with Crippen LogP contribution in [0.1, 0.15) is 18.2 Å². The summed E-state index contributed by atoms with van der Waals surface area (Å²) >= 11 is 1.49. The van der Waals surface area contributed by atoms with Gasteiger partial charge in [0.2, 0.25) is 0 Å². The Morgan fingerprint density at radius 3 is 2.69 bits per heavy atom. The van der Waals surface area contributed by atoms with Gasteiger partial charge in [-0.1, -0.05) is 28.6 Å². The number of amides is 2. The Kier molecular flexibility index (Phi) is 6.73. The number of urea groups is 1. The monoisotopic (exact) mass is 600 g/mol. The normalized spacial score (nSPS) is 22.8. The van der Waals surface area contributed by atoms with E-state index in [1.165, 1.54) is 29.2 Å². The van der Waals surface area contributed by atoms with Crippen LogP contribution >= 0.6 is 11.3 Å². The van der Waals surface area contributed by atoms with Gasteiger partial charge in [-0.25, -0.2) is 18.6 Å². The summed E-state index contributed by atoms with van der Waals surface area (Å²) in [6.45, 7) is -4.69. The molecule has 220 valence electrons. The summed E-state index contributed by atoms with van der Waals surface area (Å²) in [5.74, 6) is 0.649. The highest BCUT2D eigenvalue weighted by molar-refractivity contribution is 7.23. The Balaban J connectivity index is 1.07. The molecule has 0 radical (unpaired) electrons. The van der Waals surface area contributed by atoms with E-state index >= 15 is 0 Å². The summed E-state index contributed by atoms with van der Waals surface area (Å²) in [5, 5.41) is 8.83. The summed E-state index contributed by atoms with van der Waals surface area (Å²) in [6.07, 6.45) is 1.92. The molecule has 0 spiro atoms. The highest BCUT2D eigenvalue weighted by Gasteiger charge is 2.32. The zero-order valence-electron chi connectivity index (χ0n) is 26.4. The van der Waals surface area contributed by atoms with E-state index in [-0.39, 0.29) is 24.7 Å². The van der Waals surface area contributed by atoms with Crippen LogP contribution < -0.4 is 15.4 Å². The van der Waals surface area contributed by atoms with Gasteiger partial charge in [0.1, 0.15) is 31.5 Å². The van der Waals surface area contributed by atoms with Gasteiger partial charge in [-0.15, -0.1) is 0 Å². The van der Waals surface area contributed by atoms with Crippen molar-refractivity contribution in [2.75, 3.05) is 63.3 Å². The number of nitrogens with one attached hydrogen (secondary N) is 2. The fourth-order valence-corrected chi connectivity index (χ4v) is 5.28. The van der Waals surface area contributed by atoms with Crippen LogP contribution in [0.2, 0.25) is 0 Å². The molecule has 4 heterocycles. The predicted molar refractivity (Wildman–Crippen MR) is 157 cm³/mol. The van der Waals surface area contributed by atoms with Crippen molar-refractivity contribution >= 4 is 44.1 Å². The maximum Gasteiger partial charge on any atom is 0.324 e. The van der Waals surface area contributed by atoms with E-state index in [9.17, 15) is 13.6 Å². The van der Waals surface area contributed by atoms with Crippen molar-refractivity contribution in [2.24, 2.45) is 0 Å². The van der Waals surface area contributed by atoms with Crippen molar-refractivity contribution in [1.82, 2.24) is 19.4 Å². The second-order valence-corrected chi connectivity index (χ2v) is 10.9. The quantitative estimate of drug-likeness (QED) is 0.210. The number of anilines is 2. The Hall–Kier alpha value is -4.07. The number of thiazole rings is 1. The predicted octanol–water partition coefficient (Wildman–Crippen LogP) is 5.76. The van der Waals surface area contributed by atoms with Crippen LogP contribution in [0.3, 0.4) is 0 Å². The van der Waals surface area contributed by atoms with Crippen LogP contribution in [0, 0.1) is 0 Å². The smallest absolute Gasteiger partial charge is 0.324 e. The van der Waals surface area contributed by atoms with Gasteiger partial charge in [0.15, 0.2) is 10.8 Å². The number of ether oxygens (including phenoxy) is 2. The van der Waals surface area contributed by atoms with Gasteiger partial charge in [0.05, 0.1) is 37.2 Å². The molecule has 0 saturated carbocycles. The molecular formula is C29H30F2N6O4S. The first-order valence-corrected chi connectivity index (χ1v) is 13.8. The molecule has 4 unspecified atom stereocenters. The largest absolute Gasteiger partial charge is 0.492 e. The van der Waals surface area contributed by atoms with E-state index in [1.807, 2.05) is 40.9 Å². The van der Waals surface area contributed by atoms with Crippen molar-refractivity contribution in [2.45, 2.75) is 12.3 Å². The number of carbonyl (C=O) groups is 1. The number of hydrogen-bond acceptors (Lipinski definition) is 8. The van der Waals surface area contributed by atoms with Crippen molar-refractivity contribution in [3.05, 3.63) is 60.5 Å². The highest BCUT2D eigenvalue weighted by Crippen LogP contribution is 2.32. The molecule has 0 aliphatic carbocycles. The molecule has 2 N–H and O–H groups in total. The summed E-state index contributed by atoms with van der Waals surface area (Å²) < 4.78 is 77.0. The third-order valence-electron chi connectivity index (χ3n) is 6.72. The molecule has 1 aliphatic rings. The van der Waals surface area contributed by atoms with Crippen molar-refractivity contribution in [3.8, 4) is 17.0 Å². The fraction of sp³-hybridized carbons (Fsp3) is 0.345. The minimum atomic E-state index is -1.46. The second-order valence-electron chi connectivity index (χ2n) is 9.86. The number of rotatable bonds is 10. The lowest BCUT2D eigenvalue weighted by molar-refractivity contribution is 0.0322. The molecule has 3 aromatic heterocycles. The molecule has 5 aromatic rings. The van der Waals surface area contributed by atoms with Gasteiger partial charge in [0, 0.05) is 45.8 Å². The van der Waals surface area contributed by atoms with E-state index < -0.39 is 51.0 Å². The average molecular weight is 601 g/mol. The van der Waals surface area contributed by atoms with E-state index in [0.29, 0.717) is 11.4 Å². The van der Waals surface area contributed by atoms with Gasteiger partial charge >= 0.3 is 6.03 Å². The standard InChI is InChI=1S/C29H30F2N6O4S/c1-29(17-30,18-31)25-15-26(35-41-25)34-27(38)32-20-4-2-19(3-5-20)22-16-37-23-7-6-21(14-24(23)42-28(37)33-22)40-13-10-36-8-11-39-12-9-36/h2-7,14-16H,8-13,17-18H2,1H3,(H2,32,34,35,38)/i8D,9D,11D,12D. The molecule has 42 heavy (non-hydrogen) atoms. The lowest BCUT2D eigenvalue weighted by Crippen LogP contribution is -2.38. The summed E-state index contributed by atoms with van der Waals surface area (Å²) in [5.41, 5.74) is 1.56. The summed E-state index contributed by atoms with van der Waals surface area (Å²) in [6, 6.07) is 13.4. The Morgan fingerprint density at radius 1 is 1.14 bits per heavy atom. The number of aromatic nitrogens is 3. The fourth-order valence-electron chi connectivity index (χ4n) is 4.24. The lowest BCUT2D eigenvalue weighted by atomic mass is 9.91. The van der Waals surface area contributed by atoms with Crippen LogP contribution in [0.25, 0.3) is 26.4 Å². The molecule has 1 saturated heterocycles. The number of hydrogen-bond donors (Lipinski definition) is 2. The van der Waals surface area contributed by atoms with Crippen LogP contribution in [-0.2, 0) is 10.2 Å². The summed E-state index contributed by atoms with van der Waals surface area (Å²) in [4.78, 5) is 19.4. The molecule has 2 amide bonds. The topological polar surface area (TPSA) is 106 Å². The molecule has 2 aromatic carbocycles. The first-order chi connectivity index (χ1) is 22.1. The van der Waals surface area contributed by atoms with Gasteiger partial charge in [-0.2, -0.15) is 0 Å². The zero-order chi connectivity index (χ0) is 32.6. The average Bonchev–Trinajstić information content (AvgIpc) is 3.77. The summed E-state index contributed by atoms with van der Waals surface area (Å²) in [7, 11) is 0. The molecule has 1 fully saturated rings. The van der Waals surface area contributed by atoms with Gasteiger partial charge < -0.3 is 19.3 Å². The molecule has 6 rings (SSSR count). The van der Waals surface area contributed by atoms with E-state index in [4.69, 9.17) is 24.5 Å².